The number of fused-ring (bicyclic) bond motifs is 2. The average Bonchev–Trinajstić information content (AvgIpc) is 3.38. The fourth-order valence-corrected chi connectivity index (χ4v) is 5.25. The van der Waals surface area contributed by atoms with Crippen LogP contribution in [0.4, 0.5) is 5.82 Å². The van der Waals surface area contributed by atoms with Crippen LogP contribution in [-0.4, -0.2) is 64.7 Å². The molecule has 5 rings (SSSR count). The van der Waals surface area contributed by atoms with E-state index < -0.39 is 0 Å². The second-order valence-corrected chi connectivity index (χ2v) is 9.54. The normalized spacial score (nSPS) is 17.0. The van der Waals surface area contributed by atoms with E-state index in [2.05, 4.69) is 40.1 Å². The highest BCUT2D eigenvalue weighted by Crippen LogP contribution is 2.34. The van der Waals surface area contributed by atoms with Crippen LogP contribution in [0.15, 0.2) is 24.5 Å². The number of nitrogens with one attached hydrogen (secondary N) is 1. The van der Waals surface area contributed by atoms with Gasteiger partial charge in [0.2, 0.25) is 12.7 Å². The Morgan fingerprint density at radius 2 is 1.94 bits per heavy atom. The van der Waals surface area contributed by atoms with Gasteiger partial charge in [0.05, 0.1) is 5.39 Å². The third-order valence-corrected chi connectivity index (χ3v) is 7.33. The lowest BCUT2D eigenvalue weighted by Crippen LogP contribution is -2.51. The van der Waals surface area contributed by atoms with Crippen molar-refractivity contribution in [1.29, 1.82) is 0 Å². The van der Waals surface area contributed by atoms with E-state index in [9.17, 15) is 4.79 Å². The third-order valence-electron chi connectivity index (χ3n) is 6.22. The molecule has 9 heteroatoms. The molecule has 0 spiro atoms. The van der Waals surface area contributed by atoms with Crippen LogP contribution in [0.5, 0.6) is 11.5 Å². The van der Waals surface area contributed by atoms with Crippen LogP contribution in [0, 0.1) is 13.8 Å². The Kier molecular flexibility index (Phi) is 5.60. The molecule has 0 saturated carbocycles. The summed E-state index contributed by atoms with van der Waals surface area (Å²) in [6.07, 6.45) is 1.56. The van der Waals surface area contributed by atoms with Crippen molar-refractivity contribution in [3.63, 3.8) is 0 Å². The molecule has 2 aliphatic rings. The molecular formula is C23H27N5O3S. The lowest BCUT2D eigenvalue weighted by atomic mass is 10.1. The number of carbonyl (C=O) groups is 1. The minimum Gasteiger partial charge on any atom is -0.454 e. The summed E-state index contributed by atoms with van der Waals surface area (Å²) in [6, 6.07) is 5.73. The highest BCUT2D eigenvalue weighted by Gasteiger charge is 2.26. The number of anilines is 1. The molecule has 2 aliphatic heterocycles. The van der Waals surface area contributed by atoms with Crippen LogP contribution >= 0.6 is 11.3 Å². The first-order valence-corrected chi connectivity index (χ1v) is 11.7. The topological polar surface area (TPSA) is 79.8 Å². The summed E-state index contributed by atoms with van der Waals surface area (Å²) in [5.74, 6) is 2.45. The van der Waals surface area contributed by atoms with Crippen LogP contribution in [-0.2, 0) is 11.3 Å². The van der Waals surface area contributed by atoms with E-state index in [1.165, 1.54) is 16.0 Å². The van der Waals surface area contributed by atoms with Crippen molar-refractivity contribution in [3.05, 3.63) is 40.5 Å². The van der Waals surface area contributed by atoms with Crippen molar-refractivity contribution in [1.82, 2.24) is 19.8 Å². The van der Waals surface area contributed by atoms with Gasteiger partial charge in [-0.15, -0.1) is 11.3 Å². The van der Waals surface area contributed by atoms with Gasteiger partial charge in [0, 0.05) is 37.6 Å². The van der Waals surface area contributed by atoms with Crippen LogP contribution in [0.1, 0.15) is 22.9 Å². The Balaban J connectivity index is 1.18. The van der Waals surface area contributed by atoms with Crippen molar-refractivity contribution in [2.24, 2.45) is 0 Å². The number of nitrogens with zero attached hydrogens (tertiary/aromatic N) is 4. The van der Waals surface area contributed by atoms with Gasteiger partial charge in [0.15, 0.2) is 11.5 Å². The Hall–Kier alpha value is -2.91. The van der Waals surface area contributed by atoms with E-state index in [1.54, 1.807) is 17.7 Å². The Bertz CT molecular complexity index is 1160. The number of rotatable bonds is 5. The first-order chi connectivity index (χ1) is 15.5. The second-order valence-electron chi connectivity index (χ2n) is 8.34. The molecule has 168 valence electrons. The van der Waals surface area contributed by atoms with E-state index in [4.69, 9.17) is 9.47 Å². The fourth-order valence-electron chi connectivity index (χ4n) is 4.26. The lowest BCUT2D eigenvalue weighted by Gasteiger charge is -2.36. The molecule has 0 unspecified atom stereocenters. The highest BCUT2D eigenvalue weighted by molar-refractivity contribution is 7.18. The van der Waals surface area contributed by atoms with Gasteiger partial charge in [0.1, 0.15) is 23.0 Å². The van der Waals surface area contributed by atoms with Gasteiger partial charge in [0.25, 0.3) is 0 Å². The largest absolute Gasteiger partial charge is 0.454 e. The maximum Gasteiger partial charge on any atom is 0.244 e. The molecule has 1 aromatic carbocycles. The fraction of sp³-hybridized carbons (Fsp3) is 0.435. The number of ether oxygens (including phenoxy) is 2. The average molecular weight is 454 g/mol. The zero-order chi connectivity index (χ0) is 22.2. The Morgan fingerprint density at radius 1 is 1.16 bits per heavy atom. The number of hydrogen-bond acceptors (Lipinski definition) is 8. The maximum atomic E-state index is 13.1. The van der Waals surface area contributed by atoms with Crippen molar-refractivity contribution >= 4 is 33.3 Å². The summed E-state index contributed by atoms with van der Waals surface area (Å²) in [6.45, 7) is 10.3. The molecule has 3 aromatic rings. The van der Waals surface area contributed by atoms with Crippen molar-refractivity contribution in [2.75, 3.05) is 38.3 Å². The van der Waals surface area contributed by atoms with Crippen LogP contribution in [0.25, 0.3) is 10.2 Å². The number of amides is 1. The maximum absolute atomic E-state index is 13.1. The van der Waals surface area contributed by atoms with Gasteiger partial charge < -0.3 is 19.7 Å². The molecule has 8 nitrogen and oxygen atoms in total. The monoisotopic (exact) mass is 453 g/mol. The van der Waals surface area contributed by atoms with Gasteiger partial charge >= 0.3 is 0 Å². The first kappa shape index (κ1) is 21.0. The SMILES string of the molecule is Cc1sc2ncnc(N[C@H](C)C(=O)N3CCN(Cc4ccc5c(c4)OCO5)CC3)c2c1C. The first-order valence-electron chi connectivity index (χ1n) is 10.9. The van der Waals surface area contributed by atoms with Crippen LogP contribution < -0.4 is 14.8 Å². The van der Waals surface area contributed by atoms with Crippen molar-refractivity contribution in [2.45, 2.75) is 33.4 Å². The molecule has 0 bridgehead atoms. The summed E-state index contributed by atoms with van der Waals surface area (Å²) < 4.78 is 10.9. The minimum atomic E-state index is -0.354. The number of thiophene rings is 1. The number of piperazine rings is 1. The molecule has 1 amide bonds. The molecule has 0 aliphatic carbocycles. The number of carbonyl (C=O) groups excluding carboxylic acids is 1. The molecule has 1 saturated heterocycles. The van der Waals surface area contributed by atoms with Gasteiger partial charge in [-0.1, -0.05) is 6.07 Å². The van der Waals surface area contributed by atoms with Gasteiger partial charge in [-0.05, 0) is 44.0 Å². The molecular weight excluding hydrogens is 426 g/mol. The smallest absolute Gasteiger partial charge is 0.244 e. The predicted molar refractivity (Wildman–Crippen MR) is 124 cm³/mol. The van der Waals surface area contributed by atoms with Crippen molar-refractivity contribution in [3.8, 4) is 11.5 Å². The molecule has 1 atom stereocenters. The Morgan fingerprint density at radius 3 is 2.75 bits per heavy atom. The number of hydrogen-bond donors (Lipinski definition) is 1. The Labute approximate surface area is 191 Å². The standard InChI is InChI=1S/C23H27N5O3S/c1-14-16(3)32-22-20(14)21(24-12-25-22)26-15(2)23(29)28-8-6-27(7-9-28)11-17-4-5-18-19(10-17)31-13-30-18/h4-5,10,12,15H,6-9,11,13H2,1-3H3,(H,24,25,26)/t15-/m1/s1. The van der Waals surface area contributed by atoms with E-state index in [1.807, 2.05) is 24.0 Å². The zero-order valence-electron chi connectivity index (χ0n) is 18.6. The van der Waals surface area contributed by atoms with Crippen LogP contribution in [0.3, 0.4) is 0 Å². The zero-order valence-corrected chi connectivity index (χ0v) is 19.4. The molecule has 2 aromatic heterocycles. The quantitative estimate of drug-likeness (QED) is 0.636. The highest BCUT2D eigenvalue weighted by atomic mass is 32.1. The van der Waals surface area contributed by atoms with Crippen molar-refractivity contribution < 1.29 is 14.3 Å². The van der Waals surface area contributed by atoms with Gasteiger partial charge in [-0.25, -0.2) is 9.97 Å². The summed E-state index contributed by atoms with van der Waals surface area (Å²) in [5, 5.41) is 4.35. The number of benzene rings is 1. The van der Waals surface area contributed by atoms with Gasteiger partial charge in [-0.3, -0.25) is 9.69 Å². The molecule has 1 fully saturated rings. The summed E-state index contributed by atoms with van der Waals surface area (Å²) in [4.78, 5) is 28.4. The molecule has 0 radical (unpaired) electrons. The third kappa shape index (κ3) is 3.98. The summed E-state index contributed by atoms with van der Waals surface area (Å²) in [5.41, 5.74) is 2.36. The minimum absolute atomic E-state index is 0.101. The molecule has 4 heterocycles. The van der Waals surface area contributed by atoms with Gasteiger partial charge in [-0.2, -0.15) is 0 Å². The number of aromatic nitrogens is 2. The molecule has 32 heavy (non-hydrogen) atoms. The van der Waals surface area contributed by atoms with E-state index in [0.717, 1.165) is 47.2 Å². The van der Waals surface area contributed by atoms with Crippen LogP contribution in [0.2, 0.25) is 0 Å². The van der Waals surface area contributed by atoms with E-state index >= 15 is 0 Å². The van der Waals surface area contributed by atoms with E-state index in [-0.39, 0.29) is 18.7 Å². The summed E-state index contributed by atoms with van der Waals surface area (Å²) in [7, 11) is 0. The lowest BCUT2D eigenvalue weighted by molar-refractivity contribution is -0.133. The van der Waals surface area contributed by atoms with E-state index in [0.29, 0.717) is 13.1 Å². The predicted octanol–water partition coefficient (Wildman–Crippen LogP) is 3.18. The summed E-state index contributed by atoms with van der Waals surface area (Å²) >= 11 is 1.66. The number of aryl methyl sites for hydroxylation is 2. The second kappa shape index (κ2) is 8.55. The molecule has 1 N–H and O–H groups in total.